The molecule has 0 bridgehead atoms. The number of pyridine rings is 3. The summed E-state index contributed by atoms with van der Waals surface area (Å²) in [5.41, 5.74) is 8.98. The number of primary amides is 1. The van der Waals surface area contributed by atoms with Gasteiger partial charge in [0.15, 0.2) is 11.6 Å². The number of carbonyl (C=O) groups excluding carboxylic acids is 2. The highest BCUT2D eigenvalue weighted by atomic mass is 19.2. The highest BCUT2D eigenvalue weighted by Crippen LogP contribution is 2.32. The molecule has 0 fully saturated rings. The molecule has 10 heteroatoms. The van der Waals surface area contributed by atoms with E-state index < -0.39 is 29.0 Å². The van der Waals surface area contributed by atoms with E-state index in [-0.39, 0.29) is 24.3 Å². The standard InChI is InChI=1S/C28H21F2N5O3/c29-22-7-5-16(11-23(22)30)15-35-10-2-4-21(28(35)38)27(37)33-14-18-12-17(13-25(34-18)26(31)36)19-6-8-24-20(19)3-1-9-32-24/h1-7,9-13H,8,14-15H2,(H2,31,36)(H,33,37). The molecule has 1 aliphatic carbocycles. The Hall–Kier alpha value is -4.99. The number of hydrogen-bond acceptors (Lipinski definition) is 5. The number of rotatable bonds is 7. The van der Waals surface area contributed by atoms with Crippen molar-refractivity contribution in [1.29, 1.82) is 0 Å². The van der Waals surface area contributed by atoms with Crippen LogP contribution in [0.25, 0.3) is 5.57 Å². The minimum atomic E-state index is -1.03. The molecule has 8 nitrogen and oxygen atoms in total. The van der Waals surface area contributed by atoms with Gasteiger partial charge >= 0.3 is 0 Å². The fraction of sp³-hybridized carbons (Fsp3) is 0.107. The van der Waals surface area contributed by atoms with E-state index in [0.717, 1.165) is 29.0 Å². The van der Waals surface area contributed by atoms with Crippen LogP contribution in [-0.2, 0) is 19.5 Å². The lowest BCUT2D eigenvalue weighted by Gasteiger charge is -2.11. The van der Waals surface area contributed by atoms with Crippen LogP contribution in [0.15, 0.2) is 77.9 Å². The third kappa shape index (κ3) is 4.96. The lowest BCUT2D eigenvalue weighted by atomic mass is 10.00. The molecule has 0 spiro atoms. The average Bonchev–Trinajstić information content (AvgIpc) is 3.35. The average molecular weight is 514 g/mol. The maximum Gasteiger partial charge on any atom is 0.267 e. The first-order chi connectivity index (χ1) is 18.3. The molecule has 3 N–H and O–H groups in total. The van der Waals surface area contributed by atoms with Crippen molar-refractivity contribution in [2.24, 2.45) is 5.73 Å². The minimum absolute atomic E-state index is 0.0404. The molecule has 4 aromatic rings. The maximum atomic E-state index is 13.6. The van der Waals surface area contributed by atoms with Gasteiger partial charge in [0.2, 0.25) is 0 Å². The van der Waals surface area contributed by atoms with Crippen LogP contribution < -0.4 is 16.6 Å². The summed E-state index contributed by atoms with van der Waals surface area (Å²) in [6.07, 6.45) is 5.82. The van der Waals surface area contributed by atoms with E-state index in [1.54, 1.807) is 18.3 Å². The Morgan fingerprint density at radius 3 is 2.68 bits per heavy atom. The number of carbonyl (C=O) groups is 2. The number of aromatic nitrogens is 3. The zero-order chi connectivity index (χ0) is 26.8. The van der Waals surface area contributed by atoms with Crippen molar-refractivity contribution < 1.29 is 18.4 Å². The molecule has 0 unspecified atom stereocenters. The van der Waals surface area contributed by atoms with E-state index >= 15 is 0 Å². The van der Waals surface area contributed by atoms with E-state index in [1.165, 1.54) is 29.0 Å². The summed E-state index contributed by atoms with van der Waals surface area (Å²) in [5.74, 6) is -3.39. The summed E-state index contributed by atoms with van der Waals surface area (Å²) in [5, 5.41) is 2.66. The van der Waals surface area contributed by atoms with Crippen molar-refractivity contribution in [3.63, 3.8) is 0 Å². The monoisotopic (exact) mass is 513 g/mol. The predicted octanol–water partition coefficient (Wildman–Crippen LogP) is 2.98. The van der Waals surface area contributed by atoms with Crippen molar-refractivity contribution in [2.75, 3.05) is 0 Å². The van der Waals surface area contributed by atoms with Crippen LogP contribution in [0.3, 0.4) is 0 Å². The van der Waals surface area contributed by atoms with Gasteiger partial charge < -0.3 is 15.6 Å². The van der Waals surface area contributed by atoms with Gasteiger partial charge in [-0.25, -0.2) is 13.8 Å². The first-order valence-corrected chi connectivity index (χ1v) is 11.7. The van der Waals surface area contributed by atoms with Crippen LogP contribution in [0, 0.1) is 11.6 Å². The van der Waals surface area contributed by atoms with Gasteiger partial charge in [0.05, 0.1) is 24.5 Å². The van der Waals surface area contributed by atoms with E-state index in [2.05, 4.69) is 15.3 Å². The van der Waals surface area contributed by atoms with Gasteiger partial charge in [-0.15, -0.1) is 0 Å². The SMILES string of the molecule is NC(=O)c1cc(C2=CCc3ncccc32)cc(CNC(=O)c2cccn(Cc3ccc(F)c(F)c3)c2=O)n1. The molecule has 38 heavy (non-hydrogen) atoms. The quantitative estimate of drug-likeness (QED) is 0.394. The number of nitrogens with one attached hydrogen (secondary N) is 1. The molecular weight excluding hydrogens is 492 g/mol. The van der Waals surface area contributed by atoms with Crippen molar-refractivity contribution in [3.8, 4) is 0 Å². The van der Waals surface area contributed by atoms with Gasteiger partial charge in [0.25, 0.3) is 17.4 Å². The Labute approximate surface area is 215 Å². The van der Waals surface area contributed by atoms with E-state index in [4.69, 9.17) is 5.73 Å². The number of benzene rings is 1. The highest BCUT2D eigenvalue weighted by Gasteiger charge is 2.19. The molecular formula is C28H21F2N5O3. The Balaban J connectivity index is 1.36. The van der Waals surface area contributed by atoms with Gasteiger partial charge in [0.1, 0.15) is 11.3 Å². The molecule has 1 aliphatic rings. The number of allylic oxidation sites excluding steroid dienone is 1. The number of amides is 2. The summed E-state index contributed by atoms with van der Waals surface area (Å²) < 4.78 is 28.0. The second kappa shape index (κ2) is 10.2. The molecule has 3 aromatic heterocycles. The van der Waals surface area contributed by atoms with Crippen molar-refractivity contribution in [2.45, 2.75) is 19.5 Å². The van der Waals surface area contributed by atoms with Gasteiger partial charge in [-0.3, -0.25) is 19.4 Å². The zero-order valence-electron chi connectivity index (χ0n) is 19.9. The second-order valence-corrected chi connectivity index (χ2v) is 8.70. The normalized spacial score (nSPS) is 12.1. The van der Waals surface area contributed by atoms with Crippen LogP contribution in [-0.4, -0.2) is 26.3 Å². The molecule has 0 saturated heterocycles. The van der Waals surface area contributed by atoms with Crippen molar-refractivity contribution in [1.82, 2.24) is 19.9 Å². The molecule has 0 aliphatic heterocycles. The van der Waals surface area contributed by atoms with Crippen LogP contribution in [0.1, 0.15) is 48.9 Å². The molecule has 0 saturated carbocycles. The Kier molecular flexibility index (Phi) is 6.61. The number of nitrogens with two attached hydrogens (primary N) is 1. The molecule has 3 heterocycles. The van der Waals surface area contributed by atoms with E-state index in [0.29, 0.717) is 23.2 Å². The first kappa shape index (κ1) is 24.7. The predicted molar refractivity (Wildman–Crippen MR) is 135 cm³/mol. The molecule has 5 rings (SSSR count). The number of fused-ring (bicyclic) bond motifs is 1. The highest BCUT2D eigenvalue weighted by molar-refractivity contribution is 5.94. The first-order valence-electron chi connectivity index (χ1n) is 11.7. The topological polar surface area (TPSA) is 120 Å². The smallest absolute Gasteiger partial charge is 0.267 e. The second-order valence-electron chi connectivity index (χ2n) is 8.70. The van der Waals surface area contributed by atoms with Crippen LogP contribution in [0.5, 0.6) is 0 Å². The van der Waals surface area contributed by atoms with Gasteiger partial charge in [-0.05, 0) is 59.2 Å². The summed E-state index contributed by atoms with van der Waals surface area (Å²) in [6.45, 7) is -0.119. The van der Waals surface area contributed by atoms with Gasteiger partial charge in [-0.1, -0.05) is 18.2 Å². The lowest BCUT2D eigenvalue weighted by Crippen LogP contribution is -2.33. The summed E-state index contributed by atoms with van der Waals surface area (Å²) in [7, 11) is 0. The van der Waals surface area contributed by atoms with Crippen molar-refractivity contribution >= 4 is 17.4 Å². The van der Waals surface area contributed by atoms with Crippen molar-refractivity contribution in [3.05, 3.63) is 134 Å². The number of nitrogens with zero attached hydrogens (tertiary/aromatic N) is 3. The number of halogens is 2. The Bertz CT molecular complexity index is 1680. The third-order valence-corrected chi connectivity index (χ3v) is 6.15. The zero-order valence-corrected chi connectivity index (χ0v) is 19.9. The third-order valence-electron chi connectivity index (χ3n) is 6.15. The molecule has 1 aromatic carbocycles. The molecule has 190 valence electrons. The minimum Gasteiger partial charge on any atom is -0.364 e. The van der Waals surface area contributed by atoms with Crippen LogP contribution in [0.4, 0.5) is 8.78 Å². The summed E-state index contributed by atoms with van der Waals surface area (Å²) >= 11 is 0. The fourth-order valence-electron chi connectivity index (χ4n) is 4.32. The molecule has 0 atom stereocenters. The summed E-state index contributed by atoms with van der Waals surface area (Å²) in [4.78, 5) is 46.4. The molecule has 2 amide bonds. The number of hydrogen-bond donors (Lipinski definition) is 2. The maximum absolute atomic E-state index is 13.6. The fourth-order valence-corrected chi connectivity index (χ4v) is 4.32. The van der Waals surface area contributed by atoms with Crippen LogP contribution >= 0.6 is 0 Å². The van der Waals surface area contributed by atoms with Gasteiger partial charge in [-0.2, -0.15) is 0 Å². The largest absolute Gasteiger partial charge is 0.364 e. The van der Waals surface area contributed by atoms with Gasteiger partial charge in [0, 0.05) is 24.4 Å². The van der Waals surface area contributed by atoms with E-state index in [1.807, 2.05) is 18.2 Å². The molecule has 0 radical (unpaired) electrons. The van der Waals surface area contributed by atoms with E-state index in [9.17, 15) is 23.2 Å². The lowest BCUT2D eigenvalue weighted by molar-refractivity contribution is 0.0948. The van der Waals surface area contributed by atoms with Crippen LogP contribution in [0.2, 0.25) is 0 Å². The summed E-state index contributed by atoms with van der Waals surface area (Å²) in [6, 6.07) is 13.3. The Morgan fingerprint density at radius 1 is 1.05 bits per heavy atom. The Morgan fingerprint density at radius 2 is 1.89 bits per heavy atom.